The lowest BCUT2D eigenvalue weighted by Crippen LogP contribution is -2.70. The molecule has 1 heterocycles. The molecule has 0 bridgehead atoms. The molecule has 2 aromatic rings. The van der Waals surface area contributed by atoms with Crippen molar-refractivity contribution < 1.29 is 9.84 Å². The van der Waals surface area contributed by atoms with E-state index in [1.165, 1.54) is 16.9 Å². The van der Waals surface area contributed by atoms with Crippen LogP contribution in [0, 0.1) is 22.7 Å². The highest BCUT2D eigenvalue weighted by Gasteiger charge is 2.70. The fourth-order valence-corrected chi connectivity index (χ4v) is 8.54. The van der Waals surface area contributed by atoms with Gasteiger partial charge in [0.1, 0.15) is 11.4 Å². The van der Waals surface area contributed by atoms with Crippen LogP contribution in [-0.2, 0) is 0 Å². The molecule has 3 heteroatoms. The van der Waals surface area contributed by atoms with Crippen molar-refractivity contribution in [3.63, 3.8) is 0 Å². The summed E-state index contributed by atoms with van der Waals surface area (Å²) in [6.07, 6.45) is 3.81. The number of ether oxygens (including phenoxy) is 1. The molecule has 0 aromatic heterocycles. The van der Waals surface area contributed by atoms with E-state index in [4.69, 9.17) is 4.74 Å². The Bertz CT molecular complexity index is 925. The molecular formula is C27H34O2S. The second-order valence-corrected chi connectivity index (χ2v) is 11.7. The molecule has 160 valence electrons. The van der Waals surface area contributed by atoms with Crippen LogP contribution in [0.15, 0.2) is 59.5 Å². The van der Waals surface area contributed by atoms with Gasteiger partial charge in [-0.1, -0.05) is 64.1 Å². The molecule has 5 unspecified atom stereocenters. The van der Waals surface area contributed by atoms with Gasteiger partial charge in [0.05, 0.1) is 6.10 Å². The summed E-state index contributed by atoms with van der Waals surface area (Å²) in [5.41, 5.74) is 0.931. The van der Waals surface area contributed by atoms with E-state index < -0.39 is 0 Å². The van der Waals surface area contributed by atoms with Crippen molar-refractivity contribution in [1.29, 1.82) is 0 Å². The second kappa shape index (κ2) is 7.03. The van der Waals surface area contributed by atoms with Crippen molar-refractivity contribution in [1.82, 2.24) is 0 Å². The minimum absolute atomic E-state index is 0.0117. The number of fused-ring (bicyclic) bond motifs is 1. The molecule has 1 spiro atoms. The van der Waals surface area contributed by atoms with Gasteiger partial charge in [-0.2, -0.15) is 0 Å². The summed E-state index contributed by atoms with van der Waals surface area (Å²) >= 11 is 2.00. The molecular weight excluding hydrogens is 388 g/mol. The van der Waals surface area contributed by atoms with Gasteiger partial charge in [-0.3, -0.25) is 0 Å². The number of thioether (sulfide) groups is 1. The summed E-state index contributed by atoms with van der Waals surface area (Å²) in [6, 6.07) is 19.5. The predicted octanol–water partition coefficient (Wildman–Crippen LogP) is 6.88. The van der Waals surface area contributed by atoms with Gasteiger partial charge in [0.25, 0.3) is 0 Å². The lowest BCUT2D eigenvalue weighted by atomic mass is 9.43. The van der Waals surface area contributed by atoms with Crippen LogP contribution in [0.1, 0.15) is 64.2 Å². The third kappa shape index (κ3) is 2.67. The van der Waals surface area contributed by atoms with E-state index >= 15 is 0 Å². The first-order valence-electron chi connectivity index (χ1n) is 11.5. The van der Waals surface area contributed by atoms with Crippen LogP contribution in [-0.4, -0.2) is 16.8 Å². The van der Waals surface area contributed by atoms with Crippen LogP contribution in [0.4, 0.5) is 0 Å². The lowest BCUT2D eigenvalue weighted by Gasteiger charge is -2.68. The van der Waals surface area contributed by atoms with Crippen LogP contribution >= 0.6 is 11.8 Å². The van der Waals surface area contributed by atoms with Crippen LogP contribution in [0.2, 0.25) is 0 Å². The number of aliphatic hydroxyl groups excluding tert-OH is 1. The number of para-hydroxylation sites is 1. The summed E-state index contributed by atoms with van der Waals surface area (Å²) in [5.74, 6) is 1.95. The van der Waals surface area contributed by atoms with Gasteiger partial charge in [-0.25, -0.2) is 0 Å². The molecule has 6 atom stereocenters. The van der Waals surface area contributed by atoms with Crippen molar-refractivity contribution in [2.75, 3.05) is 0 Å². The maximum Gasteiger partial charge on any atom is 0.124 e. The third-order valence-corrected chi connectivity index (χ3v) is 10.5. The topological polar surface area (TPSA) is 29.5 Å². The molecule has 2 aliphatic carbocycles. The monoisotopic (exact) mass is 422 g/mol. The summed E-state index contributed by atoms with van der Waals surface area (Å²) in [7, 11) is 0. The Balaban J connectivity index is 1.71. The van der Waals surface area contributed by atoms with Crippen molar-refractivity contribution >= 4 is 11.8 Å². The Morgan fingerprint density at radius 2 is 1.63 bits per heavy atom. The fraction of sp³-hybridized carbons (Fsp3) is 0.556. The standard InChI is InChI=1S/C27H34O2S/c1-18-14-15-22-25(2,3)23(28)16-17-27(22)26(18,4)24(30-19-10-6-5-7-11-19)20-12-8-9-13-21(20)29-27/h5-13,18,22-24,28H,14-17H2,1-4H3/t18?,22?,23?,24-,26?,27?/m0/s1. The Labute approximate surface area is 185 Å². The minimum Gasteiger partial charge on any atom is -0.486 e. The maximum absolute atomic E-state index is 10.9. The molecule has 0 amide bonds. The van der Waals surface area contributed by atoms with Crippen molar-refractivity contribution in [3.05, 3.63) is 60.2 Å². The first-order chi connectivity index (χ1) is 14.3. The van der Waals surface area contributed by atoms with E-state index in [0.717, 1.165) is 25.0 Å². The lowest BCUT2D eigenvalue weighted by molar-refractivity contribution is -0.234. The summed E-state index contributed by atoms with van der Waals surface area (Å²) in [6.45, 7) is 9.46. The smallest absolute Gasteiger partial charge is 0.124 e. The third-order valence-electron chi connectivity index (χ3n) is 8.97. The van der Waals surface area contributed by atoms with Crippen LogP contribution in [0.5, 0.6) is 5.75 Å². The van der Waals surface area contributed by atoms with E-state index in [1.807, 2.05) is 11.8 Å². The summed E-state index contributed by atoms with van der Waals surface area (Å²) in [5, 5.41) is 11.3. The zero-order valence-electron chi connectivity index (χ0n) is 18.6. The molecule has 30 heavy (non-hydrogen) atoms. The highest BCUT2D eigenvalue weighted by molar-refractivity contribution is 7.99. The van der Waals surface area contributed by atoms with Crippen LogP contribution in [0.25, 0.3) is 0 Å². The van der Waals surface area contributed by atoms with E-state index in [1.54, 1.807) is 0 Å². The van der Waals surface area contributed by atoms with E-state index in [2.05, 4.69) is 82.3 Å². The predicted molar refractivity (Wildman–Crippen MR) is 124 cm³/mol. The normalized spacial score (nSPS) is 39.2. The molecule has 1 aliphatic heterocycles. The Morgan fingerprint density at radius 1 is 0.933 bits per heavy atom. The van der Waals surface area contributed by atoms with E-state index in [-0.39, 0.29) is 22.5 Å². The second-order valence-electron chi connectivity index (χ2n) is 10.5. The van der Waals surface area contributed by atoms with Crippen molar-refractivity contribution in [3.8, 4) is 5.75 Å². The first kappa shape index (κ1) is 20.5. The van der Waals surface area contributed by atoms with Crippen LogP contribution in [0.3, 0.4) is 0 Å². The van der Waals surface area contributed by atoms with Crippen LogP contribution < -0.4 is 4.74 Å². The van der Waals surface area contributed by atoms with Crippen molar-refractivity contribution in [2.24, 2.45) is 22.7 Å². The molecule has 3 aliphatic rings. The van der Waals surface area contributed by atoms with Gasteiger partial charge >= 0.3 is 0 Å². The Hall–Kier alpha value is -1.45. The van der Waals surface area contributed by atoms with E-state index in [9.17, 15) is 5.11 Å². The van der Waals surface area contributed by atoms with Gasteiger partial charge in [-0.15, -0.1) is 11.8 Å². The number of hydrogen-bond acceptors (Lipinski definition) is 3. The molecule has 2 nitrogen and oxygen atoms in total. The van der Waals surface area contributed by atoms with Gasteiger partial charge in [0.15, 0.2) is 0 Å². The first-order valence-corrected chi connectivity index (χ1v) is 12.4. The molecule has 5 rings (SSSR count). The largest absolute Gasteiger partial charge is 0.486 e. The van der Waals surface area contributed by atoms with Gasteiger partial charge in [0.2, 0.25) is 0 Å². The highest BCUT2D eigenvalue weighted by atomic mass is 32.2. The molecule has 0 radical (unpaired) electrons. The number of benzene rings is 2. The number of rotatable bonds is 2. The Morgan fingerprint density at radius 3 is 2.40 bits per heavy atom. The summed E-state index contributed by atoms with van der Waals surface area (Å²) in [4.78, 5) is 1.32. The molecule has 2 saturated carbocycles. The van der Waals surface area contributed by atoms with Crippen molar-refractivity contribution in [2.45, 2.75) is 75.2 Å². The van der Waals surface area contributed by atoms with E-state index in [0.29, 0.717) is 17.1 Å². The SMILES string of the molecule is CC1CCC2C(C)(C)C(O)CCC23Oc2ccccc2[C@H](Sc2ccccc2)C13C. The molecule has 2 aromatic carbocycles. The highest BCUT2D eigenvalue weighted by Crippen LogP contribution is 2.71. The molecule has 0 saturated heterocycles. The fourth-order valence-electron chi connectivity index (χ4n) is 6.96. The van der Waals surface area contributed by atoms with Gasteiger partial charge in [-0.05, 0) is 55.2 Å². The quantitative estimate of drug-likeness (QED) is 0.572. The van der Waals surface area contributed by atoms with Gasteiger partial charge in [0, 0.05) is 27.0 Å². The maximum atomic E-state index is 10.9. The average molecular weight is 423 g/mol. The molecule has 1 N–H and O–H groups in total. The number of hydrogen-bond donors (Lipinski definition) is 1. The minimum atomic E-state index is -0.258. The Kier molecular flexibility index (Phi) is 4.79. The molecule has 2 fully saturated rings. The summed E-state index contributed by atoms with van der Waals surface area (Å²) < 4.78 is 7.13. The van der Waals surface area contributed by atoms with Gasteiger partial charge < -0.3 is 9.84 Å². The average Bonchev–Trinajstić information content (AvgIpc) is 2.74. The zero-order valence-corrected chi connectivity index (χ0v) is 19.4. The number of aliphatic hydroxyl groups is 1. The zero-order chi connectivity index (χ0) is 21.1.